The Morgan fingerprint density at radius 2 is 1.90 bits per heavy atom. The van der Waals surface area contributed by atoms with Gasteiger partial charge in [-0.2, -0.15) is 0 Å². The van der Waals surface area contributed by atoms with Gasteiger partial charge in [-0.25, -0.2) is 9.18 Å². The first-order chi connectivity index (χ1) is 9.99. The Kier molecular flexibility index (Phi) is 4.55. The van der Waals surface area contributed by atoms with Gasteiger partial charge in [0.05, 0.1) is 16.1 Å². The molecule has 2 N–H and O–H groups in total. The number of hydrogen-bond donors (Lipinski definition) is 2. The minimum atomic E-state index is -1.05. The molecule has 2 aromatic rings. The molecule has 0 fully saturated rings. The van der Waals surface area contributed by atoms with Crippen LogP contribution in [0, 0.1) is 5.82 Å². The molecule has 2 rings (SSSR count). The van der Waals surface area contributed by atoms with E-state index in [4.69, 9.17) is 16.7 Å². The molecule has 0 heterocycles. The first kappa shape index (κ1) is 15.0. The van der Waals surface area contributed by atoms with Crippen LogP contribution in [0.3, 0.4) is 0 Å². The largest absolute Gasteiger partial charge is 0.478 e. The van der Waals surface area contributed by atoms with Gasteiger partial charge in [0.25, 0.3) is 5.91 Å². The predicted molar refractivity (Wildman–Crippen MR) is 76.0 cm³/mol. The normalized spacial score (nSPS) is 10.2. The zero-order valence-electron chi connectivity index (χ0n) is 10.8. The highest BCUT2D eigenvalue weighted by Crippen LogP contribution is 2.17. The molecule has 4 nitrogen and oxygen atoms in total. The fourth-order valence-corrected chi connectivity index (χ4v) is 1.95. The number of amides is 1. The van der Waals surface area contributed by atoms with Crippen molar-refractivity contribution in [1.82, 2.24) is 5.32 Å². The van der Waals surface area contributed by atoms with Crippen molar-refractivity contribution in [2.24, 2.45) is 0 Å². The summed E-state index contributed by atoms with van der Waals surface area (Å²) in [7, 11) is 0. The van der Waals surface area contributed by atoms with Crippen LogP contribution in [-0.2, 0) is 6.54 Å². The summed E-state index contributed by atoms with van der Waals surface area (Å²) in [5, 5.41) is 11.3. The van der Waals surface area contributed by atoms with Gasteiger partial charge in [0, 0.05) is 6.54 Å². The highest BCUT2D eigenvalue weighted by molar-refractivity contribution is 6.31. The van der Waals surface area contributed by atoms with Crippen LogP contribution in [0.25, 0.3) is 0 Å². The van der Waals surface area contributed by atoms with Gasteiger partial charge in [-0.1, -0.05) is 29.8 Å². The summed E-state index contributed by atoms with van der Waals surface area (Å²) in [6.45, 7) is 0.0892. The summed E-state index contributed by atoms with van der Waals surface area (Å²) in [5.41, 5.74) is 0.568. The molecule has 0 aliphatic rings. The van der Waals surface area contributed by atoms with E-state index in [1.807, 2.05) is 0 Å². The molecule has 0 unspecified atom stereocenters. The van der Waals surface area contributed by atoms with Crippen LogP contribution in [-0.4, -0.2) is 17.0 Å². The number of carbonyl (C=O) groups is 2. The van der Waals surface area contributed by atoms with Crippen molar-refractivity contribution >= 4 is 23.5 Å². The fourth-order valence-electron chi connectivity index (χ4n) is 1.77. The number of rotatable bonds is 4. The summed E-state index contributed by atoms with van der Waals surface area (Å²) in [5.74, 6) is -2.45. The van der Waals surface area contributed by atoms with Crippen LogP contribution in [0.2, 0.25) is 5.02 Å². The number of halogens is 2. The van der Waals surface area contributed by atoms with Crippen molar-refractivity contribution in [2.45, 2.75) is 6.54 Å². The summed E-state index contributed by atoms with van der Waals surface area (Å²) >= 11 is 5.61. The molecule has 1 amide bonds. The lowest BCUT2D eigenvalue weighted by molar-refractivity contribution is 0.0696. The van der Waals surface area contributed by atoms with Gasteiger partial charge in [-0.05, 0) is 29.8 Å². The number of nitrogens with one attached hydrogen (secondary N) is 1. The maximum Gasteiger partial charge on any atom is 0.335 e. The summed E-state index contributed by atoms with van der Waals surface area (Å²) in [6.07, 6.45) is 0. The zero-order chi connectivity index (χ0) is 15.4. The van der Waals surface area contributed by atoms with Gasteiger partial charge < -0.3 is 10.4 Å². The third kappa shape index (κ3) is 3.58. The van der Waals surface area contributed by atoms with E-state index in [1.54, 1.807) is 12.1 Å². The highest BCUT2D eigenvalue weighted by Gasteiger charge is 2.13. The molecule has 108 valence electrons. The summed E-state index contributed by atoms with van der Waals surface area (Å²) < 4.78 is 13.7. The zero-order valence-corrected chi connectivity index (χ0v) is 11.5. The van der Waals surface area contributed by atoms with E-state index >= 15 is 0 Å². The fraction of sp³-hybridized carbons (Fsp3) is 0.0667. The maximum absolute atomic E-state index is 13.7. The summed E-state index contributed by atoms with van der Waals surface area (Å²) in [4.78, 5) is 22.7. The van der Waals surface area contributed by atoms with E-state index in [0.717, 1.165) is 0 Å². The average molecular weight is 308 g/mol. The van der Waals surface area contributed by atoms with Crippen molar-refractivity contribution in [3.05, 3.63) is 70.0 Å². The van der Waals surface area contributed by atoms with Crippen LogP contribution in [0.5, 0.6) is 0 Å². The van der Waals surface area contributed by atoms with Gasteiger partial charge in [-0.3, -0.25) is 4.79 Å². The van der Waals surface area contributed by atoms with Crippen molar-refractivity contribution in [1.29, 1.82) is 0 Å². The molecular formula is C15H11ClFNO3. The van der Waals surface area contributed by atoms with E-state index in [-0.39, 0.29) is 22.7 Å². The third-order valence-corrected chi connectivity index (χ3v) is 3.12. The van der Waals surface area contributed by atoms with Crippen LogP contribution in [0.4, 0.5) is 4.39 Å². The predicted octanol–water partition coefficient (Wildman–Crippen LogP) is 3.11. The Morgan fingerprint density at radius 1 is 1.19 bits per heavy atom. The number of carboxylic acids is 1. The van der Waals surface area contributed by atoms with Crippen LogP contribution < -0.4 is 5.32 Å². The Hall–Kier alpha value is -2.40. The molecule has 0 atom stereocenters. The van der Waals surface area contributed by atoms with E-state index in [0.29, 0.717) is 5.56 Å². The molecule has 0 radical (unpaired) electrons. The number of hydrogen-bond acceptors (Lipinski definition) is 2. The van der Waals surface area contributed by atoms with E-state index in [9.17, 15) is 14.0 Å². The molecule has 0 bridgehead atoms. The maximum atomic E-state index is 13.7. The lowest BCUT2D eigenvalue weighted by Gasteiger charge is -2.07. The molecule has 0 saturated carbocycles. The second-order valence-electron chi connectivity index (χ2n) is 4.29. The molecule has 0 aromatic heterocycles. The van der Waals surface area contributed by atoms with Crippen molar-refractivity contribution < 1.29 is 19.1 Å². The van der Waals surface area contributed by atoms with E-state index in [2.05, 4.69) is 5.32 Å². The minimum absolute atomic E-state index is 0.0892. The Balaban J connectivity index is 2.09. The Morgan fingerprint density at radius 3 is 2.62 bits per heavy atom. The number of carboxylic acid groups (broad SMARTS) is 1. The summed E-state index contributed by atoms with van der Waals surface area (Å²) in [6, 6.07) is 10.3. The van der Waals surface area contributed by atoms with Crippen molar-refractivity contribution in [2.75, 3.05) is 0 Å². The van der Waals surface area contributed by atoms with Gasteiger partial charge in [0.15, 0.2) is 5.82 Å². The minimum Gasteiger partial charge on any atom is -0.478 e. The van der Waals surface area contributed by atoms with Crippen LogP contribution >= 0.6 is 11.6 Å². The quantitative estimate of drug-likeness (QED) is 0.912. The van der Waals surface area contributed by atoms with Crippen molar-refractivity contribution in [3.8, 4) is 0 Å². The number of aromatic carboxylic acids is 1. The number of benzene rings is 2. The highest BCUT2D eigenvalue weighted by atomic mass is 35.5. The standard InChI is InChI=1S/C15H11ClFNO3/c16-12-6-2-5-11(13(12)17)14(19)18-8-9-3-1-4-10(7-9)15(20)21/h1-7H,8H2,(H,18,19)(H,20,21). The average Bonchev–Trinajstić information content (AvgIpc) is 2.48. The lowest BCUT2D eigenvalue weighted by Crippen LogP contribution is -2.24. The van der Waals surface area contributed by atoms with E-state index in [1.165, 1.54) is 30.3 Å². The van der Waals surface area contributed by atoms with Gasteiger partial charge in [0.1, 0.15) is 0 Å². The van der Waals surface area contributed by atoms with Gasteiger partial charge in [0.2, 0.25) is 0 Å². The molecule has 0 spiro atoms. The van der Waals surface area contributed by atoms with Crippen LogP contribution in [0.1, 0.15) is 26.3 Å². The molecule has 6 heteroatoms. The molecule has 0 saturated heterocycles. The second-order valence-corrected chi connectivity index (χ2v) is 4.70. The Labute approximate surface area is 125 Å². The van der Waals surface area contributed by atoms with Gasteiger partial charge in [-0.15, -0.1) is 0 Å². The van der Waals surface area contributed by atoms with Gasteiger partial charge >= 0.3 is 5.97 Å². The molecule has 0 aliphatic carbocycles. The second kappa shape index (κ2) is 6.37. The smallest absolute Gasteiger partial charge is 0.335 e. The lowest BCUT2D eigenvalue weighted by atomic mass is 10.1. The van der Waals surface area contributed by atoms with E-state index < -0.39 is 17.7 Å². The monoisotopic (exact) mass is 307 g/mol. The number of carbonyl (C=O) groups excluding carboxylic acids is 1. The first-order valence-electron chi connectivity index (χ1n) is 6.03. The molecular weight excluding hydrogens is 297 g/mol. The first-order valence-corrected chi connectivity index (χ1v) is 6.41. The SMILES string of the molecule is O=C(O)c1cccc(CNC(=O)c2cccc(Cl)c2F)c1. The molecule has 21 heavy (non-hydrogen) atoms. The van der Waals surface area contributed by atoms with Crippen LogP contribution in [0.15, 0.2) is 42.5 Å². The topological polar surface area (TPSA) is 66.4 Å². The molecule has 0 aliphatic heterocycles. The Bertz CT molecular complexity index is 703. The van der Waals surface area contributed by atoms with Crippen molar-refractivity contribution in [3.63, 3.8) is 0 Å². The third-order valence-electron chi connectivity index (χ3n) is 2.82. The molecule has 2 aromatic carbocycles.